The first-order valence-electron chi connectivity index (χ1n) is 11.6. The van der Waals surface area contributed by atoms with Gasteiger partial charge in [-0.2, -0.15) is 0 Å². The molecule has 3 heterocycles. The Morgan fingerprint density at radius 3 is 2.61 bits per heavy atom. The van der Waals surface area contributed by atoms with Crippen molar-refractivity contribution in [2.24, 2.45) is 5.92 Å². The number of amides is 4. The van der Waals surface area contributed by atoms with Crippen molar-refractivity contribution in [2.75, 3.05) is 13.1 Å². The third-order valence-electron chi connectivity index (χ3n) is 6.85. The highest BCUT2D eigenvalue weighted by molar-refractivity contribution is 6.31. The van der Waals surface area contributed by atoms with E-state index in [9.17, 15) is 14.4 Å². The summed E-state index contributed by atoms with van der Waals surface area (Å²) >= 11 is 6.21. The number of nitrogens with one attached hydrogen (secondary N) is 1. The molecule has 2 saturated heterocycles. The smallest absolute Gasteiger partial charge is 0.325 e. The molecule has 0 aliphatic carbocycles. The Morgan fingerprint density at radius 1 is 1.18 bits per heavy atom. The predicted molar refractivity (Wildman–Crippen MR) is 125 cm³/mol. The highest BCUT2D eigenvalue weighted by Crippen LogP contribution is 2.37. The Bertz CT molecular complexity index is 1000. The van der Waals surface area contributed by atoms with Crippen LogP contribution in [0.4, 0.5) is 4.79 Å². The van der Waals surface area contributed by atoms with Crippen LogP contribution in [0.3, 0.4) is 0 Å². The first-order chi connectivity index (χ1) is 15.9. The summed E-state index contributed by atoms with van der Waals surface area (Å²) in [7, 11) is 0. The monoisotopic (exact) mass is 471 g/mol. The van der Waals surface area contributed by atoms with E-state index in [-0.39, 0.29) is 30.3 Å². The average Bonchev–Trinajstić information content (AvgIpc) is 3.42. The molecule has 2 aliphatic heterocycles. The molecule has 0 spiro atoms. The molecule has 1 aromatic carbocycles. The van der Waals surface area contributed by atoms with Crippen LogP contribution in [0.15, 0.2) is 47.1 Å². The van der Waals surface area contributed by atoms with Gasteiger partial charge in [0.05, 0.1) is 12.8 Å². The van der Waals surface area contributed by atoms with Crippen LogP contribution in [0.5, 0.6) is 0 Å². The molecule has 8 heteroatoms. The maximum atomic E-state index is 13.5. The van der Waals surface area contributed by atoms with Crippen LogP contribution in [0.1, 0.15) is 50.4 Å². The van der Waals surface area contributed by atoms with Crippen LogP contribution in [-0.2, 0) is 22.6 Å². The van der Waals surface area contributed by atoms with E-state index in [1.54, 1.807) is 12.1 Å². The van der Waals surface area contributed by atoms with E-state index in [4.69, 9.17) is 16.0 Å². The molecule has 0 bridgehead atoms. The van der Waals surface area contributed by atoms with E-state index in [2.05, 4.69) is 5.32 Å². The summed E-state index contributed by atoms with van der Waals surface area (Å²) in [5, 5.41) is 3.71. The van der Waals surface area contributed by atoms with Crippen LogP contribution in [0, 0.1) is 5.92 Å². The topological polar surface area (TPSA) is 82.9 Å². The van der Waals surface area contributed by atoms with Gasteiger partial charge >= 0.3 is 6.03 Å². The molecule has 2 fully saturated rings. The fraction of sp³-hybridized carbons (Fsp3) is 0.480. The number of likely N-dealkylation sites (tertiary alicyclic amines) is 1. The summed E-state index contributed by atoms with van der Waals surface area (Å²) in [6.45, 7) is 3.31. The van der Waals surface area contributed by atoms with E-state index < -0.39 is 5.54 Å². The van der Waals surface area contributed by atoms with E-state index in [1.807, 2.05) is 36.1 Å². The van der Waals surface area contributed by atoms with Gasteiger partial charge in [0, 0.05) is 24.5 Å². The highest BCUT2D eigenvalue weighted by atomic mass is 35.5. The van der Waals surface area contributed by atoms with E-state index >= 15 is 0 Å². The molecule has 176 valence electrons. The van der Waals surface area contributed by atoms with Crippen LogP contribution in [0.2, 0.25) is 5.02 Å². The molecule has 33 heavy (non-hydrogen) atoms. The summed E-state index contributed by atoms with van der Waals surface area (Å²) in [5.74, 6) is 0.473. The van der Waals surface area contributed by atoms with Gasteiger partial charge in [-0.25, -0.2) is 4.79 Å². The highest BCUT2D eigenvalue weighted by Gasteiger charge is 2.55. The molecule has 1 atom stereocenters. The molecular formula is C25H30ClN3O4. The lowest BCUT2D eigenvalue weighted by atomic mass is 9.74. The van der Waals surface area contributed by atoms with Crippen LogP contribution >= 0.6 is 11.6 Å². The number of aryl methyl sites for hydroxylation is 1. The third-order valence-corrected chi connectivity index (χ3v) is 7.22. The second kappa shape index (κ2) is 10.00. The number of carbonyl (C=O) groups excluding carboxylic acids is 3. The second-order valence-electron chi connectivity index (χ2n) is 8.87. The number of benzene rings is 1. The summed E-state index contributed by atoms with van der Waals surface area (Å²) in [6, 6.07) is 10.7. The van der Waals surface area contributed by atoms with E-state index in [0.717, 1.165) is 12.0 Å². The minimum absolute atomic E-state index is 0.0110. The van der Waals surface area contributed by atoms with Crippen molar-refractivity contribution in [1.29, 1.82) is 0 Å². The van der Waals surface area contributed by atoms with Gasteiger partial charge in [0.15, 0.2) is 0 Å². The van der Waals surface area contributed by atoms with Crippen molar-refractivity contribution < 1.29 is 18.8 Å². The van der Waals surface area contributed by atoms with Crippen LogP contribution in [0.25, 0.3) is 0 Å². The minimum Gasteiger partial charge on any atom is -0.467 e. The molecular weight excluding hydrogens is 442 g/mol. The molecule has 2 aliphatic rings. The number of nitrogens with zero attached hydrogens (tertiary/aromatic N) is 2. The minimum atomic E-state index is -0.912. The molecule has 4 rings (SSSR count). The number of hydrogen-bond donors (Lipinski definition) is 1. The summed E-state index contributed by atoms with van der Waals surface area (Å²) in [4.78, 5) is 42.1. The van der Waals surface area contributed by atoms with Crippen molar-refractivity contribution in [3.8, 4) is 0 Å². The van der Waals surface area contributed by atoms with E-state index in [0.29, 0.717) is 56.0 Å². The van der Waals surface area contributed by atoms with Gasteiger partial charge in [0.25, 0.3) is 5.91 Å². The Hall–Kier alpha value is -2.80. The number of hydrogen-bond acceptors (Lipinski definition) is 4. The zero-order valence-electron chi connectivity index (χ0n) is 18.9. The van der Waals surface area contributed by atoms with Crippen LogP contribution < -0.4 is 5.32 Å². The fourth-order valence-electron chi connectivity index (χ4n) is 5.11. The Kier molecular flexibility index (Phi) is 7.08. The first-order valence-corrected chi connectivity index (χ1v) is 12.0. The molecule has 0 saturated carbocycles. The number of piperidine rings is 1. The lowest BCUT2D eigenvalue weighted by Crippen LogP contribution is -2.56. The lowest BCUT2D eigenvalue weighted by molar-refractivity contribution is -0.136. The van der Waals surface area contributed by atoms with Crippen molar-refractivity contribution in [1.82, 2.24) is 15.1 Å². The molecule has 1 aromatic heterocycles. The lowest BCUT2D eigenvalue weighted by Gasteiger charge is -2.41. The number of carbonyl (C=O) groups is 3. The summed E-state index contributed by atoms with van der Waals surface area (Å²) < 4.78 is 5.34. The van der Waals surface area contributed by atoms with Crippen molar-refractivity contribution >= 4 is 29.4 Å². The Balaban J connectivity index is 1.38. The average molecular weight is 472 g/mol. The van der Waals surface area contributed by atoms with Gasteiger partial charge in [-0.1, -0.05) is 43.1 Å². The van der Waals surface area contributed by atoms with Crippen molar-refractivity contribution in [2.45, 2.75) is 57.5 Å². The van der Waals surface area contributed by atoms with Crippen LogP contribution in [-0.4, -0.2) is 46.3 Å². The molecule has 1 N–H and O–H groups in total. The maximum absolute atomic E-state index is 13.5. The Morgan fingerprint density at radius 2 is 1.94 bits per heavy atom. The number of imide groups is 1. The van der Waals surface area contributed by atoms with Crippen molar-refractivity contribution in [3.63, 3.8) is 0 Å². The largest absolute Gasteiger partial charge is 0.467 e. The Labute approximate surface area is 199 Å². The SMILES string of the molecule is CCCC1(C2CCN(C(=O)CCc3ccccc3Cl)CC2)NC(=O)N(Cc2ccco2)C1=O. The van der Waals surface area contributed by atoms with Gasteiger partial charge in [0.2, 0.25) is 5.91 Å². The summed E-state index contributed by atoms with van der Waals surface area (Å²) in [5.41, 5.74) is 0.0608. The number of halogens is 1. The normalized spacial score (nSPS) is 21.5. The predicted octanol–water partition coefficient (Wildman–Crippen LogP) is 4.40. The van der Waals surface area contributed by atoms with Gasteiger partial charge in [-0.3, -0.25) is 14.5 Å². The first kappa shape index (κ1) is 23.4. The maximum Gasteiger partial charge on any atom is 0.325 e. The number of rotatable bonds is 8. The fourth-order valence-corrected chi connectivity index (χ4v) is 5.34. The molecule has 1 unspecified atom stereocenters. The van der Waals surface area contributed by atoms with E-state index in [1.165, 1.54) is 11.2 Å². The zero-order valence-corrected chi connectivity index (χ0v) is 19.6. The molecule has 0 radical (unpaired) electrons. The van der Waals surface area contributed by atoms with Crippen molar-refractivity contribution in [3.05, 3.63) is 59.0 Å². The standard InChI is InChI=1S/C25H30ClN3O4/c1-2-13-25(23(31)29(24(32)27-25)17-20-7-5-16-33-20)19-11-14-28(15-12-19)22(30)10-9-18-6-3-4-8-21(18)26/h3-8,16,19H,2,9-15,17H2,1H3,(H,27,32). The second-order valence-corrected chi connectivity index (χ2v) is 9.28. The van der Waals surface area contributed by atoms with Gasteiger partial charge in [0.1, 0.15) is 11.3 Å². The quantitative estimate of drug-likeness (QED) is 0.578. The number of furan rings is 1. The number of urea groups is 1. The van der Waals surface area contributed by atoms with Gasteiger partial charge in [-0.05, 0) is 55.4 Å². The third kappa shape index (κ3) is 4.78. The summed E-state index contributed by atoms with van der Waals surface area (Å²) in [6.07, 6.45) is 5.26. The van der Waals surface area contributed by atoms with Gasteiger partial charge in [-0.15, -0.1) is 0 Å². The molecule has 7 nitrogen and oxygen atoms in total. The molecule has 2 aromatic rings. The zero-order chi connectivity index (χ0) is 23.4. The van der Waals surface area contributed by atoms with Gasteiger partial charge < -0.3 is 14.6 Å². The molecule has 4 amide bonds.